The number of aryl methyl sites for hydroxylation is 2. The number of hydrogen-bond acceptors (Lipinski definition) is 5. The van der Waals surface area contributed by atoms with Crippen molar-refractivity contribution in [1.82, 2.24) is 15.6 Å². The molecule has 0 radical (unpaired) electrons. The normalized spacial score (nSPS) is 13.6. The number of carboxylic acids is 1. The molecule has 8 heteroatoms. The number of aliphatic carboxylic acids is 1. The fourth-order valence-corrected chi connectivity index (χ4v) is 2.73. The molecule has 0 spiro atoms. The Labute approximate surface area is 121 Å². The first kappa shape index (κ1) is 16.4. The third-order valence-electron chi connectivity index (χ3n) is 2.70. The summed E-state index contributed by atoms with van der Waals surface area (Å²) in [6, 6.07) is -1.94. The molecule has 0 bridgehead atoms. The summed E-state index contributed by atoms with van der Waals surface area (Å²) < 4.78 is 0. The summed E-state index contributed by atoms with van der Waals surface area (Å²) in [5, 5.41) is 23.5. The number of nitrogens with one attached hydrogen (secondary N) is 2. The zero-order valence-electron chi connectivity index (χ0n) is 11.6. The zero-order valence-corrected chi connectivity index (χ0v) is 12.5. The van der Waals surface area contributed by atoms with E-state index in [0.29, 0.717) is 0 Å². The number of thiazole rings is 1. The predicted octanol–water partition coefficient (Wildman–Crippen LogP) is 0.956. The minimum Gasteiger partial charge on any atom is -0.480 e. The Hall–Kier alpha value is -1.67. The van der Waals surface area contributed by atoms with E-state index >= 15 is 0 Å². The van der Waals surface area contributed by atoms with Gasteiger partial charge in [0.15, 0.2) is 0 Å². The van der Waals surface area contributed by atoms with Crippen molar-refractivity contribution in [2.24, 2.45) is 0 Å². The first-order valence-electron chi connectivity index (χ1n) is 6.19. The quantitative estimate of drug-likeness (QED) is 0.625. The Morgan fingerprint density at radius 3 is 2.45 bits per heavy atom. The van der Waals surface area contributed by atoms with Gasteiger partial charge in [0.2, 0.25) is 0 Å². The third kappa shape index (κ3) is 4.46. The van der Waals surface area contributed by atoms with Gasteiger partial charge in [-0.15, -0.1) is 11.3 Å². The second-order valence-electron chi connectivity index (χ2n) is 4.43. The molecule has 2 amide bonds. The van der Waals surface area contributed by atoms with E-state index < -0.39 is 18.0 Å². The number of hydrogen-bond donors (Lipinski definition) is 4. The number of aliphatic hydroxyl groups excluding tert-OH is 1. The Morgan fingerprint density at radius 2 is 2.00 bits per heavy atom. The largest absolute Gasteiger partial charge is 0.480 e. The third-order valence-corrected chi connectivity index (χ3v) is 3.96. The number of amides is 2. The van der Waals surface area contributed by atoms with Crippen molar-refractivity contribution < 1.29 is 19.8 Å². The SMILES string of the molecule is Cc1nc(C)c(C(C)NC(=O)N[C@@H](CCO)C(=O)O)s1. The molecule has 0 aromatic carbocycles. The Kier molecular flexibility index (Phi) is 5.90. The molecule has 0 saturated heterocycles. The van der Waals surface area contributed by atoms with E-state index in [1.54, 1.807) is 6.92 Å². The standard InChI is InChI=1S/C12H19N3O4S/c1-6-10(20-8(3)13-6)7(2)14-12(19)15-9(4-5-16)11(17)18/h7,9,16H,4-5H2,1-3H3,(H,17,18)(H2,14,15,19)/t7?,9-/m0/s1. The summed E-state index contributed by atoms with van der Waals surface area (Å²) in [6.45, 7) is 5.25. The maximum absolute atomic E-state index is 11.8. The summed E-state index contributed by atoms with van der Waals surface area (Å²) in [4.78, 5) is 27.8. The highest BCUT2D eigenvalue weighted by molar-refractivity contribution is 7.11. The molecule has 1 heterocycles. The van der Waals surface area contributed by atoms with E-state index in [1.165, 1.54) is 11.3 Å². The summed E-state index contributed by atoms with van der Waals surface area (Å²) in [7, 11) is 0. The van der Waals surface area contributed by atoms with Crippen LogP contribution >= 0.6 is 11.3 Å². The van der Waals surface area contributed by atoms with Gasteiger partial charge in [-0.2, -0.15) is 0 Å². The highest BCUT2D eigenvalue weighted by Gasteiger charge is 2.21. The zero-order chi connectivity index (χ0) is 15.3. The topological polar surface area (TPSA) is 112 Å². The molecule has 0 saturated carbocycles. The van der Waals surface area contributed by atoms with Crippen LogP contribution in [-0.2, 0) is 4.79 Å². The van der Waals surface area contributed by atoms with E-state index in [0.717, 1.165) is 15.6 Å². The number of rotatable bonds is 6. The Bertz CT molecular complexity index is 489. The number of carbonyl (C=O) groups excluding carboxylic acids is 1. The smallest absolute Gasteiger partial charge is 0.326 e. The van der Waals surface area contributed by atoms with Crippen LogP contribution in [0.5, 0.6) is 0 Å². The van der Waals surface area contributed by atoms with Gasteiger partial charge >= 0.3 is 12.0 Å². The number of carboxylic acid groups (broad SMARTS) is 1. The van der Waals surface area contributed by atoms with Crippen molar-refractivity contribution in [3.05, 3.63) is 15.6 Å². The van der Waals surface area contributed by atoms with Crippen LogP contribution in [0.25, 0.3) is 0 Å². The van der Waals surface area contributed by atoms with Crippen molar-refractivity contribution >= 4 is 23.3 Å². The monoisotopic (exact) mass is 301 g/mol. The first-order chi connectivity index (χ1) is 9.35. The predicted molar refractivity (Wildman–Crippen MR) is 74.8 cm³/mol. The fraction of sp³-hybridized carbons (Fsp3) is 0.583. The molecule has 20 heavy (non-hydrogen) atoms. The van der Waals surface area contributed by atoms with Crippen LogP contribution in [0.1, 0.15) is 35.0 Å². The second kappa shape index (κ2) is 7.20. The molecular formula is C12H19N3O4S. The van der Waals surface area contributed by atoms with Crippen molar-refractivity contribution in [3.8, 4) is 0 Å². The highest BCUT2D eigenvalue weighted by Crippen LogP contribution is 2.24. The van der Waals surface area contributed by atoms with Crippen molar-refractivity contribution in [3.63, 3.8) is 0 Å². The molecule has 1 aromatic rings. The van der Waals surface area contributed by atoms with Crippen molar-refractivity contribution in [2.75, 3.05) is 6.61 Å². The fourth-order valence-electron chi connectivity index (χ4n) is 1.80. The van der Waals surface area contributed by atoms with Gasteiger partial charge in [-0.25, -0.2) is 14.6 Å². The molecule has 112 valence electrons. The maximum Gasteiger partial charge on any atom is 0.326 e. The molecule has 4 N–H and O–H groups in total. The van der Waals surface area contributed by atoms with Gasteiger partial charge < -0.3 is 20.8 Å². The van der Waals surface area contributed by atoms with Crippen LogP contribution in [0.15, 0.2) is 0 Å². The first-order valence-corrected chi connectivity index (χ1v) is 7.01. The Balaban J connectivity index is 2.61. The molecule has 0 aliphatic rings. The lowest BCUT2D eigenvalue weighted by molar-refractivity contribution is -0.139. The molecule has 0 aliphatic heterocycles. The van der Waals surface area contributed by atoms with Crippen molar-refractivity contribution in [1.29, 1.82) is 0 Å². The lowest BCUT2D eigenvalue weighted by atomic mass is 10.2. The van der Waals surface area contributed by atoms with Crippen LogP contribution in [0, 0.1) is 13.8 Å². The number of nitrogens with zero attached hydrogens (tertiary/aromatic N) is 1. The second-order valence-corrected chi connectivity index (χ2v) is 5.66. The van der Waals surface area contributed by atoms with E-state index in [9.17, 15) is 9.59 Å². The minimum atomic E-state index is -1.17. The van der Waals surface area contributed by atoms with Gasteiger partial charge in [0.25, 0.3) is 0 Å². The van der Waals surface area contributed by atoms with Gasteiger partial charge in [-0.3, -0.25) is 0 Å². The average molecular weight is 301 g/mol. The number of aromatic nitrogens is 1. The van der Waals surface area contributed by atoms with Gasteiger partial charge in [-0.05, 0) is 20.8 Å². The summed E-state index contributed by atoms with van der Waals surface area (Å²) in [5.41, 5.74) is 0.852. The molecule has 7 nitrogen and oxygen atoms in total. The van der Waals surface area contributed by atoms with Crippen LogP contribution in [0.4, 0.5) is 4.79 Å². The molecule has 0 aliphatic carbocycles. The lowest BCUT2D eigenvalue weighted by Crippen LogP contribution is -2.46. The molecule has 0 fully saturated rings. The molecule has 1 unspecified atom stereocenters. The minimum absolute atomic E-state index is 0.0319. The van der Waals surface area contributed by atoms with Crippen molar-refractivity contribution in [2.45, 2.75) is 39.3 Å². The molecule has 2 atom stereocenters. The van der Waals surface area contributed by atoms with Gasteiger partial charge in [0.05, 0.1) is 16.7 Å². The van der Waals surface area contributed by atoms with Crippen LogP contribution < -0.4 is 10.6 Å². The number of aliphatic hydroxyl groups is 1. The van der Waals surface area contributed by atoms with Gasteiger partial charge in [0, 0.05) is 17.9 Å². The average Bonchev–Trinajstić information content (AvgIpc) is 2.67. The lowest BCUT2D eigenvalue weighted by Gasteiger charge is -2.17. The number of carbonyl (C=O) groups is 2. The van der Waals surface area contributed by atoms with Crippen LogP contribution in [0.3, 0.4) is 0 Å². The molecular weight excluding hydrogens is 282 g/mol. The summed E-state index contributed by atoms with van der Waals surface area (Å²) >= 11 is 1.49. The number of urea groups is 1. The van der Waals surface area contributed by atoms with Crippen LogP contribution in [-0.4, -0.2) is 39.8 Å². The van der Waals surface area contributed by atoms with E-state index in [2.05, 4.69) is 15.6 Å². The molecule has 1 aromatic heterocycles. The van der Waals surface area contributed by atoms with Gasteiger partial charge in [-0.1, -0.05) is 0 Å². The summed E-state index contributed by atoms with van der Waals surface area (Å²) in [6.07, 6.45) is -0.0319. The molecule has 1 rings (SSSR count). The van der Waals surface area contributed by atoms with Gasteiger partial charge in [0.1, 0.15) is 6.04 Å². The van der Waals surface area contributed by atoms with Crippen LogP contribution in [0.2, 0.25) is 0 Å². The van der Waals surface area contributed by atoms with E-state index in [-0.39, 0.29) is 19.1 Å². The highest BCUT2D eigenvalue weighted by atomic mass is 32.1. The summed E-state index contributed by atoms with van der Waals surface area (Å²) in [5.74, 6) is -1.17. The van der Waals surface area contributed by atoms with E-state index in [4.69, 9.17) is 10.2 Å². The Morgan fingerprint density at radius 1 is 1.35 bits per heavy atom. The maximum atomic E-state index is 11.8. The van der Waals surface area contributed by atoms with E-state index in [1.807, 2.05) is 13.8 Å².